The fourth-order valence-corrected chi connectivity index (χ4v) is 4.66. The molecule has 0 radical (unpaired) electrons. The molecule has 0 spiro atoms. The number of aryl methyl sites for hydroxylation is 2. The summed E-state index contributed by atoms with van der Waals surface area (Å²) in [5, 5.41) is 4.97. The second-order valence-corrected chi connectivity index (χ2v) is 9.77. The summed E-state index contributed by atoms with van der Waals surface area (Å²) in [6.45, 7) is 8.77. The van der Waals surface area contributed by atoms with E-state index in [0.29, 0.717) is 18.8 Å². The Balaban J connectivity index is 1.80. The van der Waals surface area contributed by atoms with Crippen LogP contribution in [-0.2, 0) is 24.3 Å². The van der Waals surface area contributed by atoms with Gasteiger partial charge in [0.1, 0.15) is 12.4 Å². The quantitative estimate of drug-likeness (QED) is 0.344. The lowest BCUT2D eigenvalue weighted by Crippen LogP contribution is -2.47. The number of hydrogen-bond acceptors (Lipinski definition) is 3. The summed E-state index contributed by atoms with van der Waals surface area (Å²) < 4.78 is 13.4. The van der Waals surface area contributed by atoms with Gasteiger partial charge in [-0.2, -0.15) is 0 Å². The Kier molecular flexibility index (Phi) is 9.43. The van der Waals surface area contributed by atoms with Crippen LogP contribution in [0, 0.1) is 12.7 Å². The molecule has 0 aliphatic heterocycles. The summed E-state index contributed by atoms with van der Waals surface area (Å²) >= 11 is 1.60. The average molecular weight is 496 g/mol. The van der Waals surface area contributed by atoms with Crippen LogP contribution in [-0.4, -0.2) is 34.3 Å². The number of anilines is 1. The van der Waals surface area contributed by atoms with Gasteiger partial charge in [-0.15, -0.1) is 11.3 Å². The summed E-state index contributed by atoms with van der Waals surface area (Å²) in [6, 6.07) is 15.5. The van der Waals surface area contributed by atoms with Crippen LogP contribution < -0.4 is 5.32 Å². The first kappa shape index (κ1) is 26.4. The highest BCUT2D eigenvalue weighted by molar-refractivity contribution is 7.10. The number of halogens is 1. The smallest absolute Gasteiger partial charge is 0.322 e. The van der Waals surface area contributed by atoms with E-state index in [0.717, 1.165) is 34.4 Å². The largest absolute Gasteiger partial charge is 0.332 e. The summed E-state index contributed by atoms with van der Waals surface area (Å²) in [4.78, 5) is 31.3. The van der Waals surface area contributed by atoms with Crippen molar-refractivity contribution in [2.24, 2.45) is 0 Å². The standard InChI is InChI=1S/C28H34FN3O2S/c1-5-21(4)32(28(34)30-25-9-7-8-22(6-2)16-25)19-27(33)31(18-26-20(3)14-15-35-26)17-23-10-12-24(29)13-11-23/h7-16,21H,5-6,17-19H2,1-4H3,(H,30,34). The van der Waals surface area contributed by atoms with E-state index in [9.17, 15) is 14.0 Å². The van der Waals surface area contributed by atoms with E-state index < -0.39 is 0 Å². The Bertz CT molecular complexity index is 1130. The second kappa shape index (κ2) is 12.5. The fraction of sp³-hybridized carbons (Fsp3) is 0.357. The highest BCUT2D eigenvalue weighted by Gasteiger charge is 2.26. The SMILES string of the molecule is CCc1cccc(NC(=O)N(CC(=O)N(Cc2ccc(F)cc2)Cc2sccc2C)C(C)CC)c1. The van der Waals surface area contributed by atoms with Crippen molar-refractivity contribution >= 4 is 29.0 Å². The van der Waals surface area contributed by atoms with Crippen LogP contribution in [0.5, 0.6) is 0 Å². The van der Waals surface area contributed by atoms with Gasteiger partial charge >= 0.3 is 6.03 Å². The Labute approximate surface area is 211 Å². The van der Waals surface area contributed by atoms with Gasteiger partial charge in [-0.05, 0) is 79.1 Å². The number of rotatable bonds is 10. The summed E-state index contributed by atoms with van der Waals surface area (Å²) in [6.07, 6.45) is 1.59. The van der Waals surface area contributed by atoms with Crippen molar-refractivity contribution in [3.63, 3.8) is 0 Å². The van der Waals surface area contributed by atoms with Gasteiger partial charge < -0.3 is 15.1 Å². The molecule has 7 heteroatoms. The van der Waals surface area contributed by atoms with Gasteiger partial charge in [-0.1, -0.05) is 38.1 Å². The lowest BCUT2D eigenvalue weighted by atomic mass is 10.1. The maximum Gasteiger partial charge on any atom is 0.322 e. The molecule has 3 aromatic rings. The van der Waals surface area contributed by atoms with Gasteiger partial charge in [0.25, 0.3) is 0 Å². The van der Waals surface area contributed by atoms with Crippen LogP contribution in [0.3, 0.4) is 0 Å². The summed E-state index contributed by atoms with van der Waals surface area (Å²) in [5.41, 5.74) is 3.81. The van der Waals surface area contributed by atoms with Gasteiger partial charge in [-0.25, -0.2) is 9.18 Å². The molecule has 2 aromatic carbocycles. The van der Waals surface area contributed by atoms with E-state index in [2.05, 4.69) is 12.2 Å². The Hall–Kier alpha value is -3.19. The van der Waals surface area contributed by atoms with Crippen LogP contribution in [0.2, 0.25) is 0 Å². The van der Waals surface area contributed by atoms with E-state index in [4.69, 9.17) is 0 Å². The molecule has 0 saturated heterocycles. The van der Waals surface area contributed by atoms with E-state index >= 15 is 0 Å². The second-order valence-electron chi connectivity index (χ2n) is 8.77. The molecule has 3 rings (SSSR count). The van der Waals surface area contributed by atoms with Crippen molar-refractivity contribution in [3.05, 3.63) is 87.4 Å². The maximum atomic E-state index is 13.6. The number of carbonyl (C=O) groups is 2. The normalized spacial score (nSPS) is 11.7. The average Bonchev–Trinajstić information content (AvgIpc) is 3.26. The van der Waals surface area contributed by atoms with Crippen LogP contribution in [0.15, 0.2) is 60.0 Å². The molecule has 5 nitrogen and oxygen atoms in total. The van der Waals surface area contributed by atoms with Crippen LogP contribution >= 0.6 is 11.3 Å². The number of carbonyl (C=O) groups excluding carboxylic acids is 2. The van der Waals surface area contributed by atoms with Gasteiger partial charge in [0, 0.05) is 23.2 Å². The number of nitrogens with zero attached hydrogens (tertiary/aromatic N) is 2. The molecule has 35 heavy (non-hydrogen) atoms. The molecule has 1 aromatic heterocycles. The number of nitrogens with one attached hydrogen (secondary N) is 1. The number of amides is 3. The van der Waals surface area contributed by atoms with Crippen LogP contribution in [0.25, 0.3) is 0 Å². The van der Waals surface area contributed by atoms with Gasteiger partial charge in [0.15, 0.2) is 0 Å². The molecule has 0 bridgehead atoms. The van der Waals surface area contributed by atoms with Crippen molar-refractivity contribution in [2.45, 2.75) is 59.7 Å². The molecule has 0 aliphatic rings. The van der Waals surface area contributed by atoms with Crippen molar-refractivity contribution < 1.29 is 14.0 Å². The number of hydrogen-bond donors (Lipinski definition) is 1. The lowest BCUT2D eigenvalue weighted by Gasteiger charge is -2.31. The zero-order valence-corrected chi connectivity index (χ0v) is 21.7. The van der Waals surface area contributed by atoms with Gasteiger partial charge in [-0.3, -0.25) is 4.79 Å². The Morgan fingerprint density at radius 2 is 1.77 bits per heavy atom. The predicted molar refractivity (Wildman–Crippen MR) is 141 cm³/mol. The predicted octanol–water partition coefficient (Wildman–Crippen LogP) is 6.62. The third-order valence-corrected chi connectivity index (χ3v) is 7.23. The summed E-state index contributed by atoms with van der Waals surface area (Å²) in [7, 11) is 0. The van der Waals surface area contributed by atoms with Crippen molar-refractivity contribution in [2.75, 3.05) is 11.9 Å². The van der Waals surface area contributed by atoms with E-state index in [-0.39, 0.29) is 30.3 Å². The number of thiophene rings is 1. The van der Waals surface area contributed by atoms with Crippen molar-refractivity contribution in [1.82, 2.24) is 9.80 Å². The first-order valence-corrected chi connectivity index (χ1v) is 12.9. The molecule has 1 N–H and O–H groups in total. The van der Waals surface area contributed by atoms with E-state index in [1.165, 1.54) is 12.1 Å². The number of urea groups is 1. The molecular weight excluding hydrogens is 461 g/mol. The highest BCUT2D eigenvalue weighted by atomic mass is 32.1. The highest BCUT2D eigenvalue weighted by Crippen LogP contribution is 2.21. The van der Waals surface area contributed by atoms with Gasteiger partial charge in [0.2, 0.25) is 5.91 Å². The van der Waals surface area contributed by atoms with Crippen molar-refractivity contribution in [1.29, 1.82) is 0 Å². The molecule has 1 atom stereocenters. The third-order valence-electron chi connectivity index (χ3n) is 6.22. The van der Waals surface area contributed by atoms with E-state index in [1.54, 1.807) is 33.3 Å². The third kappa shape index (κ3) is 7.39. The minimum Gasteiger partial charge on any atom is -0.332 e. The molecule has 0 fully saturated rings. The minimum absolute atomic E-state index is 0.0417. The zero-order valence-electron chi connectivity index (χ0n) is 20.9. The molecule has 1 unspecified atom stereocenters. The molecule has 0 aliphatic carbocycles. The fourth-order valence-electron chi connectivity index (χ4n) is 3.74. The Morgan fingerprint density at radius 3 is 2.40 bits per heavy atom. The maximum absolute atomic E-state index is 13.6. The van der Waals surface area contributed by atoms with Crippen molar-refractivity contribution in [3.8, 4) is 0 Å². The molecule has 186 valence electrons. The lowest BCUT2D eigenvalue weighted by molar-refractivity contribution is -0.133. The first-order chi connectivity index (χ1) is 16.8. The number of benzene rings is 2. The van der Waals surface area contributed by atoms with Crippen LogP contribution in [0.1, 0.15) is 48.8 Å². The molecule has 1 heterocycles. The van der Waals surface area contributed by atoms with Crippen LogP contribution in [0.4, 0.5) is 14.9 Å². The zero-order chi connectivity index (χ0) is 25.4. The topological polar surface area (TPSA) is 52.7 Å². The minimum atomic E-state index is -0.313. The monoisotopic (exact) mass is 495 g/mol. The molecular formula is C28H34FN3O2S. The molecule has 0 saturated carbocycles. The first-order valence-electron chi connectivity index (χ1n) is 12.0. The molecule has 3 amide bonds. The summed E-state index contributed by atoms with van der Waals surface area (Å²) in [5.74, 6) is -0.465. The van der Waals surface area contributed by atoms with E-state index in [1.807, 2.05) is 56.5 Å². The van der Waals surface area contributed by atoms with Gasteiger partial charge in [0.05, 0.1) is 6.54 Å². The Morgan fingerprint density at radius 1 is 1.03 bits per heavy atom.